The van der Waals surface area contributed by atoms with Crippen LogP contribution in [0.1, 0.15) is 51.4 Å². The molecule has 2 rings (SSSR count). The van der Waals surface area contributed by atoms with Crippen LogP contribution in [0, 0.1) is 12.3 Å². The lowest BCUT2D eigenvalue weighted by molar-refractivity contribution is 0.648. The van der Waals surface area contributed by atoms with E-state index in [2.05, 4.69) is 80.6 Å². The van der Waals surface area contributed by atoms with Crippen LogP contribution >= 0.6 is 0 Å². The number of allylic oxidation sites excluding steroid dienone is 4. The first-order valence-electron chi connectivity index (χ1n) is 8.02. The van der Waals surface area contributed by atoms with Gasteiger partial charge in [0.2, 0.25) is 0 Å². The molecule has 0 saturated carbocycles. The summed E-state index contributed by atoms with van der Waals surface area (Å²) in [5.41, 5.74) is 5.93. The fourth-order valence-electron chi connectivity index (χ4n) is 2.62. The van der Waals surface area contributed by atoms with Crippen LogP contribution in [0.15, 0.2) is 65.4 Å². The molecule has 1 atom stereocenters. The van der Waals surface area contributed by atoms with Crippen LogP contribution in [0.5, 0.6) is 0 Å². The van der Waals surface area contributed by atoms with E-state index in [9.17, 15) is 0 Å². The highest BCUT2D eigenvalue weighted by atomic mass is 15.0. The van der Waals surface area contributed by atoms with Crippen molar-refractivity contribution in [2.75, 3.05) is 0 Å². The number of aromatic nitrogens is 1. The van der Waals surface area contributed by atoms with Crippen molar-refractivity contribution in [3.8, 4) is 0 Å². The molecule has 0 saturated heterocycles. The molecule has 23 heavy (non-hydrogen) atoms. The van der Waals surface area contributed by atoms with Crippen LogP contribution in [0.25, 0.3) is 0 Å². The Bertz CT molecular complexity index is 626. The van der Waals surface area contributed by atoms with Gasteiger partial charge in [0.1, 0.15) is 0 Å². The van der Waals surface area contributed by atoms with Gasteiger partial charge in [0, 0.05) is 11.9 Å². The van der Waals surface area contributed by atoms with Gasteiger partial charge in [-0.1, -0.05) is 48.9 Å². The molecule has 0 radical (unpaired) electrons. The van der Waals surface area contributed by atoms with Gasteiger partial charge in [-0.3, -0.25) is 0 Å². The third kappa shape index (κ3) is 4.72. The van der Waals surface area contributed by atoms with E-state index < -0.39 is 0 Å². The Balaban J connectivity index is 2.41. The van der Waals surface area contributed by atoms with Crippen molar-refractivity contribution in [3.63, 3.8) is 0 Å². The smallest absolute Gasteiger partial charge is 0.0946 e. The molecular weight excluding hydrogens is 280 g/mol. The van der Waals surface area contributed by atoms with Crippen molar-refractivity contribution in [3.05, 3.63) is 88.9 Å². The largest absolute Gasteiger partial charge is 0.376 e. The Labute approximate surface area is 140 Å². The van der Waals surface area contributed by atoms with Crippen molar-refractivity contribution in [1.82, 2.24) is 10.3 Å². The van der Waals surface area contributed by atoms with E-state index in [1.165, 1.54) is 22.4 Å². The molecule has 2 nitrogen and oxygen atoms in total. The van der Waals surface area contributed by atoms with E-state index in [-0.39, 0.29) is 6.04 Å². The first-order chi connectivity index (χ1) is 11.1. The molecule has 1 N–H and O–H groups in total. The van der Waals surface area contributed by atoms with E-state index in [0.29, 0.717) is 0 Å². The zero-order valence-corrected chi connectivity index (χ0v) is 14.4. The SMILES string of the molecule is CC/C(NC(c1ccccc1)c1ccc#cn1)=C(/C)C=C(C)C. The highest BCUT2D eigenvalue weighted by molar-refractivity contribution is 5.32. The molecule has 0 spiro atoms. The van der Waals surface area contributed by atoms with Gasteiger partial charge < -0.3 is 5.32 Å². The zero-order valence-electron chi connectivity index (χ0n) is 14.4. The minimum Gasteiger partial charge on any atom is -0.376 e. The molecule has 1 heterocycles. The topological polar surface area (TPSA) is 24.9 Å². The molecule has 0 bridgehead atoms. The Morgan fingerprint density at radius 1 is 1.17 bits per heavy atom. The summed E-state index contributed by atoms with van der Waals surface area (Å²) in [5, 5.41) is 3.68. The molecule has 0 amide bonds. The Kier molecular flexibility index (Phi) is 6.00. The minimum absolute atomic E-state index is 0.0116. The number of rotatable bonds is 6. The fraction of sp³-hybridized carbons (Fsp3) is 0.286. The van der Waals surface area contributed by atoms with Crippen molar-refractivity contribution in [2.24, 2.45) is 0 Å². The summed E-state index contributed by atoms with van der Waals surface area (Å²) in [5.74, 6) is 0. The van der Waals surface area contributed by atoms with Crippen molar-refractivity contribution >= 4 is 0 Å². The molecule has 1 unspecified atom stereocenters. The third-order valence-corrected chi connectivity index (χ3v) is 3.67. The molecule has 2 heteroatoms. The lowest BCUT2D eigenvalue weighted by Gasteiger charge is -2.22. The zero-order chi connectivity index (χ0) is 16.7. The lowest BCUT2D eigenvalue weighted by Crippen LogP contribution is -2.23. The summed E-state index contributed by atoms with van der Waals surface area (Å²) >= 11 is 0. The second kappa shape index (κ2) is 8.19. The van der Waals surface area contributed by atoms with E-state index >= 15 is 0 Å². The van der Waals surface area contributed by atoms with Crippen LogP contribution in [0.4, 0.5) is 0 Å². The Morgan fingerprint density at radius 2 is 1.91 bits per heavy atom. The number of hydrogen-bond donors (Lipinski definition) is 1. The molecule has 0 aliphatic rings. The molecule has 2 aromatic rings. The third-order valence-electron chi connectivity index (χ3n) is 3.67. The highest BCUT2D eigenvalue weighted by Gasteiger charge is 2.16. The maximum absolute atomic E-state index is 4.38. The number of nitrogens with one attached hydrogen (secondary N) is 1. The van der Waals surface area contributed by atoms with Gasteiger partial charge in [-0.25, -0.2) is 0 Å². The highest BCUT2D eigenvalue weighted by Crippen LogP contribution is 2.23. The number of benzene rings is 1. The van der Waals surface area contributed by atoms with Gasteiger partial charge in [0.15, 0.2) is 0 Å². The van der Waals surface area contributed by atoms with Crippen molar-refractivity contribution in [1.29, 1.82) is 0 Å². The number of hydrogen-bond acceptors (Lipinski definition) is 2. The van der Waals surface area contributed by atoms with Gasteiger partial charge in [-0.05, 0) is 56.5 Å². The summed E-state index contributed by atoms with van der Waals surface area (Å²) < 4.78 is 0. The van der Waals surface area contributed by atoms with E-state index in [4.69, 9.17) is 0 Å². The van der Waals surface area contributed by atoms with E-state index in [1.54, 1.807) is 0 Å². The lowest BCUT2D eigenvalue weighted by atomic mass is 10.0. The normalized spacial score (nSPS) is 12.7. The van der Waals surface area contributed by atoms with Crippen molar-refractivity contribution in [2.45, 2.75) is 40.2 Å². The van der Waals surface area contributed by atoms with E-state index in [1.807, 2.05) is 18.2 Å². The summed E-state index contributed by atoms with van der Waals surface area (Å²) in [6.07, 6.45) is 5.98. The fourth-order valence-corrected chi connectivity index (χ4v) is 2.62. The second-order valence-electron chi connectivity index (χ2n) is 5.85. The summed E-state index contributed by atoms with van der Waals surface area (Å²) in [4.78, 5) is 4.38. The average molecular weight is 304 g/mol. The first kappa shape index (κ1) is 16.8. The Morgan fingerprint density at radius 3 is 2.48 bits per heavy atom. The molecule has 0 fully saturated rings. The predicted molar refractivity (Wildman–Crippen MR) is 95.8 cm³/mol. The summed E-state index contributed by atoms with van der Waals surface area (Å²) in [6, 6.07) is 17.1. The van der Waals surface area contributed by atoms with Crippen LogP contribution in [0.2, 0.25) is 0 Å². The maximum Gasteiger partial charge on any atom is 0.0946 e. The predicted octanol–water partition coefficient (Wildman–Crippen LogP) is 5.01. The Hall–Kier alpha value is -2.53. The van der Waals surface area contributed by atoms with Crippen molar-refractivity contribution < 1.29 is 0 Å². The molecule has 0 aliphatic heterocycles. The molecule has 118 valence electrons. The second-order valence-corrected chi connectivity index (χ2v) is 5.85. The van der Waals surface area contributed by atoms with Crippen LogP contribution in [-0.4, -0.2) is 4.98 Å². The standard InChI is InChI=1S/C21H24N2/c1-5-19(17(4)15-16(2)3)23-21(18-11-7-6-8-12-18)20-13-9-10-14-22-20/h6-9,11-13,15,21,23H,5H2,1-4H3/b19-17+. The van der Waals surface area contributed by atoms with Crippen LogP contribution in [-0.2, 0) is 0 Å². The van der Waals surface area contributed by atoms with Crippen LogP contribution in [0.3, 0.4) is 0 Å². The van der Waals surface area contributed by atoms with Crippen LogP contribution < -0.4 is 5.32 Å². The van der Waals surface area contributed by atoms with Gasteiger partial charge in [0.05, 0.1) is 11.7 Å². The quantitative estimate of drug-likeness (QED) is 0.759. The van der Waals surface area contributed by atoms with Gasteiger partial charge in [-0.2, -0.15) is 4.98 Å². The van der Waals surface area contributed by atoms with Gasteiger partial charge in [-0.15, -0.1) is 0 Å². The molecule has 1 aromatic carbocycles. The number of nitrogens with zero attached hydrogens (tertiary/aromatic N) is 1. The first-order valence-corrected chi connectivity index (χ1v) is 8.02. The molecule has 0 aliphatic carbocycles. The minimum atomic E-state index is 0.0116. The molecular formula is C21H24N2. The summed E-state index contributed by atoms with van der Waals surface area (Å²) in [7, 11) is 0. The maximum atomic E-state index is 4.38. The molecule has 1 aromatic heterocycles. The summed E-state index contributed by atoms with van der Waals surface area (Å²) in [6.45, 7) is 8.56. The monoisotopic (exact) mass is 304 g/mol. The average Bonchev–Trinajstić information content (AvgIpc) is 2.56. The van der Waals surface area contributed by atoms with Gasteiger partial charge in [0.25, 0.3) is 0 Å². The van der Waals surface area contributed by atoms with E-state index in [0.717, 1.165) is 12.1 Å². The van der Waals surface area contributed by atoms with Gasteiger partial charge >= 0.3 is 0 Å².